The van der Waals surface area contributed by atoms with Gasteiger partial charge in [0.15, 0.2) is 5.76 Å². The lowest BCUT2D eigenvalue weighted by Gasteiger charge is -2.07. The van der Waals surface area contributed by atoms with Crippen LogP contribution in [0.1, 0.15) is 34.2 Å². The maximum atomic E-state index is 11.7. The first-order chi connectivity index (χ1) is 11.0. The van der Waals surface area contributed by atoms with Gasteiger partial charge in [-0.3, -0.25) is 9.59 Å². The van der Waals surface area contributed by atoms with Gasteiger partial charge < -0.3 is 9.73 Å². The predicted molar refractivity (Wildman–Crippen MR) is 87.3 cm³/mol. The molecule has 2 rings (SSSR count). The maximum Gasteiger partial charge on any atom is 0.287 e. The molecule has 0 saturated carbocycles. The zero-order valence-corrected chi connectivity index (χ0v) is 13.3. The summed E-state index contributed by atoms with van der Waals surface area (Å²) < 4.78 is 4.94. The Labute approximate surface area is 134 Å². The van der Waals surface area contributed by atoms with E-state index in [1.807, 2.05) is 32.9 Å². The molecular formula is C17H19N3O3. The number of carbonyl (C=O) groups excluding carboxylic acids is 2. The second-order valence-corrected chi connectivity index (χ2v) is 5.21. The lowest BCUT2D eigenvalue weighted by molar-refractivity contribution is -0.120. The summed E-state index contributed by atoms with van der Waals surface area (Å²) in [7, 11) is 0. The number of benzene rings is 1. The third-order valence-corrected chi connectivity index (χ3v) is 3.27. The number of aryl methyl sites for hydroxylation is 2. The van der Waals surface area contributed by atoms with Gasteiger partial charge in [-0.25, -0.2) is 5.43 Å². The predicted octanol–water partition coefficient (Wildman–Crippen LogP) is 2.17. The normalized spacial score (nSPS) is 11.2. The van der Waals surface area contributed by atoms with Crippen LogP contribution in [0.5, 0.6) is 0 Å². The summed E-state index contributed by atoms with van der Waals surface area (Å²) in [6.07, 6.45) is 1.40. The Balaban J connectivity index is 1.88. The van der Waals surface area contributed by atoms with Crippen LogP contribution in [-0.2, 0) is 4.79 Å². The van der Waals surface area contributed by atoms with Crippen LogP contribution in [0.15, 0.2) is 46.1 Å². The average Bonchev–Trinajstić information content (AvgIpc) is 3.04. The fourth-order valence-corrected chi connectivity index (χ4v) is 2.12. The number of hydrazone groups is 1. The van der Waals surface area contributed by atoms with Crippen molar-refractivity contribution in [2.75, 3.05) is 6.54 Å². The van der Waals surface area contributed by atoms with Crippen LogP contribution in [0.4, 0.5) is 0 Å². The van der Waals surface area contributed by atoms with Crippen LogP contribution in [0, 0.1) is 13.8 Å². The first-order valence-electron chi connectivity index (χ1n) is 7.20. The zero-order chi connectivity index (χ0) is 16.8. The molecule has 120 valence electrons. The molecule has 2 N–H and O–H groups in total. The fraction of sp³-hybridized carbons (Fsp3) is 0.235. The zero-order valence-electron chi connectivity index (χ0n) is 13.3. The van der Waals surface area contributed by atoms with E-state index in [-0.39, 0.29) is 12.3 Å². The van der Waals surface area contributed by atoms with Gasteiger partial charge in [-0.05, 0) is 38.5 Å². The van der Waals surface area contributed by atoms with E-state index in [0.29, 0.717) is 5.71 Å². The number of rotatable bonds is 5. The van der Waals surface area contributed by atoms with Gasteiger partial charge in [0, 0.05) is 5.56 Å². The highest BCUT2D eigenvalue weighted by atomic mass is 16.3. The van der Waals surface area contributed by atoms with Crippen molar-refractivity contribution in [1.29, 1.82) is 0 Å². The summed E-state index contributed by atoms with van der Waals surface area (Å²) in [5, 5.41) is 6.52. The number of hydrogen-bond acceptors (Lipinski definition) is 4. The minimum absolute atomic E-state index is 0.160. The molecule has 0 radical (unpaired) electrons. The molecule has 23 heavy (non-hydrogen) atoms. The molecule has 0 aliphatic heterocycles. The van der Waals surface area contributed by atoms with Crippen LogP contribution in [-0.4, -0.2) is 24.1 Å². The van der Waals surface area contributed by atoms with Gasteiger partial charge in [0.05, 0.1) is 18.5 Å². The van der Waals surface area contributed by atoms with Crippen LogP contribution in [0.3, 0.4) is 0 Å². The van der Waals surface area contributed by atoms with Crippen LogP contribution >= 0.6 is 0 Å². The minimum Gasteiger partial charge on any atom is -0.459 e. The topological polar surface area (TPSA) is 83.7 Å². The fourth-order valence-electron chi connectivity index (χ4n) is 2.12. The van der Waals surface area contributed by atoms with Crippen molar-refractivity contribution in [3.8, 4) is 0 Å². The summed E-state index contributed by atoms with van der Waals surface area (Å²) in [5.74, 6) is -0.693. The Hall–Kier alpha value is -2.89. The number of furan rings is 1. The van der Waals surface area contributed by atoms with Crippen LogP contribution in [0.2, 0.25) is 0 Å². The molecule has 0 fully saturated rings. The molecular weight excluding hydrogens is 294 g/mol. The van der Waals surface area contributed by atoms with Gasteiger partial charge in [0.25, 0.3) is 11.8 Å². The number of carbonyl (C=O) groups is 2. The Bertz CT molecular complexity index is 734. The molecule has 0 aliphatic rings. The maximum absolute atomic E-state index is 11.7. The van der Waals surface area contributed by atoms with Crippen molar-refractivity contribution in [1.82, 2.24) is 10.7 Å². The largest absolute Gasteiger partial charge is 0.459 e. The summed E-state index contributed by atoms with van der Waals surface area (Å²) >= 11 is 0. The number of nitrogens with zero attached hydrogens (tertiary/aromatic N) is 1. The monoisotopic (exact) mass is 313 g/mol. The Kier molecular flexibility index (Phi) is 5.30. The van der Waals surface area contributed by atoms with Gasteiger partial charge in [0.1, 0.15) is 0 Å². The van der Waals surface area contributed by atoms with E-state index in [1.54, 1.807) is 6.07 Å². The average molecular weight is 313 g/mol. The number of nitrogens with one attached hydrogen (secondary N) is 2. The van der Waals surface area contributed by atoms with Crippen molar-refractivity contribution >= 4 is 17.5 Å². The van der Waals surface area contributed by atoms with Gasteiger partial charge in [0.2, 0.25) is 0 Å². The molecule has 0 bridgehead atoms. The van der Waals surface area contributed by atoms with E-state index in [2.05, 4.69) is 21.9 Å². The minimum atomic E-state index is -0.444. The molecule has 1 aromatic carbocycles. The smallest absolute Gasteiger partial charge is 0.287 e. The molecule has 0 saturated heterocycles. The van der Waals surface area contributed by atoms with E-state index in [9.17, 15) is 9.59 Å². The van der Waals surface area contributed by atoms with Gasteiger partial charge >= 0.3 is 0 Å². The lowest BCUT2D eigenvalue weighted by Crippen LogP contribution is -2.35. The molecule has 0 aliphatic carbocycles. The third-order valence-electron chi connectivity index (χ3n) is 3.27. The second-order valence-electron chi connectivity index (χ2n) is 5.21. The standard InChI is InChI=1S/C17H19N3O3/c1-11-6-7-14(12(2)9-11)13(3)19-20-16(21)10-18-17(22)15-5-4-8-23-15/h4-9H,10H2,1-3H3,(H,18,22)(H,20,21)/b19-13-. The molecule has 1 heterocycles. The molecule has 6 nitrogen and oxygen atoms in total. The molecule has 0 spiro atoms. The van der Waals surface area contributed by atoms with E-state index < -0.39 is 11.8 Å². The van der Waals surface area contributed by atoms with Crippen molar-refractivity contribution in [2.24, 2.45) is 5.10 Å². The lowest BCUT2D eigenvalue weighted by atomic mass is 10.0. The highest BCUT2D eigenvalue weighted by molar-refractivity contribution is 6.00. The molecule has 6 heteroatoms. The number of hydrogen-bond donors (Lipinski definition) is 2. The molecule has 2 aromatic rings. The molecule has 0 atom stereocenters. The molecule has 1 aromatic heterocycles. The highest BCUT2D eigenvalue weighted by Gasteiger charge is 2.10. The quantitative estimate of drug-likeness (QED) is 0.655. The first-order valence-corrected chi connectivity index (χ1v) is 7.20. The summed E-state index contributed by atoms with van der Waals surface area (Å²) in [5.41, 5.74) is 6.36. The van der Waals surface area contributed by atoms with Gasteiger partial charge in [-0.15, -0.1) is 0 Å². The van der Waals surface area contributed by atoms with E-state index >= 15 is 0 Å². The van der Waals surface area contributed by atoms with Crippen LogP contribution in [0.25, 0.3) is 0 Å². The Morgan fingerprint density at radius 2 is 2.00 bits per heavy atom. The van der Waals surface area contributed by atoms with Crippen molar-refractivity contribution < 1.29 is 14.0 Å². The Morgan fingerprint density at radius 1 is 1.22 bits per heavy atom. The van der Waals surface area contributed by atoms with Crippen molar-refractivity contribution in [2.45, 2.75) is 20.8 Å². The van der Waals surface area contributed by atoms with E-state index in [4.69, 9.17) is 4.42 Å². The van der Waals surface area contributed by atoms with Crippen molar-refractivity contribution in [3.05, 3.63) is 59.0 Å². The number of amides is 2. The SMILES string of the molecule is C/C(=N/NC(=O)CNC(=O)c1ccco1)c1ccc(C)cc1C. The van der Waals surface area contributed by atoms with Gasteiger partial charge in [-0.2, -0.15) is 5.10 Å². The Morgan fingerprint density at radius 3 is 2.65 bits per heavy atom. The van der Waals surface area contributed by atoms with Crippen LogP contribution < -0.4 is 10.7 Å². The summed E-state index contributed by atoms with van der Waals surface area (Å²) in [6.45, 7) is 5.65. The van der Waals surface area contributed by atoms with E-state index in [1.165, 1.54) is 17.9 Å². The third kappa shape index (κ3) is 4.54. The summed E-state index contributed by atoms with van der Waals surface area (Å²) in [4.78, 5) is 23.4. The second kappa shape index (κ2) is 7.40. The summed E-state index contributed by atoms with van der Waals surface area (Å²) in [6, 6.07) is 9.14. The highest BCUT2D eigenvalue weighted by Crippen LogP contribution is 2.11. The van der Waals surface area contributed by atoms with E-state index in [0.717, 1.165) is 11.1 Å². The molecule has 0 unspecified atom stereocenters. The molecule has 2 amide bonds. The first kappa shape index (κ1) is 16.5. The van der Waals surface area contributed by atoms with Gasteiger partial charge in [-0.1, -0.05) is 23.8 Å². The van der Waals surface area contributed by atoms with Crippen molar-refractivity contribution in [3.63, 3.8) is 0 Å².